The lowest BCUT2D eigenvalue weighted by Crippen LogP contribution is -2.33. The minimum atomic E-state index is -0.0422. The van der Waals surface area contributed by atoms with Crippen LogP contribution in [0.25, 0.3) is 12.2 Å². The van der Waals surface area contributed by atoms with E-state index in [1.54, 1.807) is 0 Å². The molecule has 0 atom stereocenters. The van der Waals surface area contributed by atoms with Gasteiger partial charge in [-0.15, -0.1) is 0 Å². The lowest BCUT2D eigenvalue weighted by Gasteiger charge is -2.27. The Balaban J connectivity index is 1.61. The van der Waals surface area contributed by atoms with Crippen LogP contribution in [-0.2, 0) is 16.1 Å². The molecule has 0 unspecified atom stereocenters. The van der Waals surface area contributed by atoms with E-state index in [1.807, 2.05) is 41.3 Å². The van der Waals surface area contributed by atoms with E-state index in [4.69, 9.17) is 0 Å². The van der Waals surface area contributed by atoms with Crippen LogP contribution in [0, 0.1) is 0 Å². The molecular weight excluding hydrogens is 372 g/mol. The molecule has 0 saturated heterocycles. The van der Waals surface area contributed by atoms with Gasteiger partial charge in [0.25, 0.3) is 0 Å². The molecule has 0 saturated carbocycles. The van der Waals surface area contributed by atoms with Crippen molar-refractivity contribution in [1.29, 1.82) is 0 Å². The number of rotatable bonds is 9. The number of unbranched alkanes of at least 4 members (excludes halogenated alkanes) is 4. The van der Waals surface area contributed by atoms with E-state index in [0.29, 0.717) is 13.1 Å². The molecule has 2 aromatic carbocycles. The van der Waals surface area contributed by atoms with Gasteiger partial charge in [-0.1, -0.05) is 87.2 Å². The predicted molar refractivity (Wildman–Crippen MR) is 124 cm³/mol. The minimum absolute atomic E-state index is 0.0225. The number of fused-ring (bicyclic) bond motifs is 2. The first-order valence-electron chi connectivity index (χ1n) is 11.1. The highest BCUT2D eigenvalue weighted by atomic mass is 16.2. The van der Waals surface area contributed by atoms with Crippen molar-refractivity contribution in [2.45, 2.75) is 58.4 Å². The summed E-state index contributed by atoms with van der Waals surface area (Å²) in [4.78, 5) is 27.1. The van der Waals surface area contributed by atoms with Gasteiger partial charge >= 0.3 is 0 Å². The Hall–Kier alpha value is -2.88. The summed E-state index contributed by atoms with van der Waals surface area (Å²) >= 11 is 0. The first kappa shape index (κ1) is 21.8. The summed E-state index contributed by atoms with van der Waals surface area (Å²) in [7, 11) is 0. The van der Waals surface area contributed by atoms with Crippen LogP contribution >= 0.6 is 0 Å². The van der Waals surface area contributed by atoms with Gasteiger partial charge in [0.2, 0.25) is 11.8 Å². The summed E-state index contributed by atoms with van der Waals surface area (Å²) in [6.45, 7) is 3.40. The average Bonchev–Trinajstić information content (AvgIpc) is 2.76. The molecule has 3 rings (SSSR count). The molecule has 1 heterocycles. The molecule has 30 heavy (non-hydrogen) atoms. The fraction of sp³-hybridized carbons (Fsp3) is 0.385. The highest BCUT2D eigenvalue weighted by molar-refractivity contribution is 5.98. The fourth-order valence-corrected chi connectivity index (χ4v) is 3.77. The van der Waals surface area contributed by atoms with Crippen molar-refractivity contribution in [2.75, 3.05) is 11.4 Å². The van der Waals surface area contributed by atoms with E-state index in [1.165, 1.54) is 19.3 Å². The number of hydrogen-bond acceptors (Lipinski definition) is 2. The third-order valence-corrected chi connectivity index (χ3v) is 5.52. The van der Waals surface area contributed by atoms with E-state index in [0.717, 1.165) is 35.2 Å². The molecule has 1 N–H and O–H groups in total. The maximum atomic E-state index is 13.1. The normalized spacial score (nSPS) is 13.6. The molecule has 4 heteroatoms. The van der Waals surface area contributed by atoms with Gasteiger partial charge in [-0.05, 0) is 29.2 Å². The summed E-state index contributed by atoms with van der Waals surface area (Å²) in [5, 5.41) is 2.95. The molecule has 2 aromatic rings. The Morgan fingerprint density at radius 3 is 2.40 bits per heavy atom. The van der Waals surface area contributed by atoms with Gasteiger partial charge in [-0.3, -0.25) is 9.59 Å². The third-order valence-electron chi connectivity index (χ3n) is 5.52. The predicted octanol–water partition coefficient (Wildman–Crippen LogP) is 5.57. The topological polar surface area (TPSA) is 49.4 Å². The van der Waals surface area contributed by atoms with E-state index >= 15 is 0 Å². The quantitative estimate of drug-likeness (QED) is 0.556. The van der Waals surface area contributed by atoms with Crippen LogP contribution in [0.5, 0.6) is 0 Å². The summed E-state index contributed by atoms with van der Waals surface area (Å²) in [5.74, 6) is -0.0647. The number of amides is 2. The molecule has 0 spiro atoms. The maximum absolute atomic E-state index is 13.1. The van der Waals surface area contributed by atoms with Crippen molar-refractivity contribution < 1.29 is 9.59 Å². The second-order valence-electron chi connectivity index (χ2n) is 7.84. The first-order valence-corrected chi connectivity index (χ1v) is 11.1. The van der Waals surface area contributed by atoms with E-state index in [9.17, 15) is 9.59 Å². The number of para-hydroxylation sites is 1. The van der Waals surface area contributed by atoms with Crippen LogP contribution < -0.4 is 10.2 Å². The van der Waals surface area contributed by atoms with Gasteiger partial charge in [0.05, 0.1) is 12.2 Å². The van der Waals surface area contributed by atoms with Crippen LogP contribution in [0.3, 0.4) is 0 Å². The number of anilines is 1. The lowest BCUT2D eigenvalue weighted by atomic mass is 10.0. The second-order valence-corrected chi connectivity index (χ2v) is 7.84. The second kappa shape index (κ2) is 11.3. The van der Waals surface area contributed by atoms with Crippen molar-refractivity contribution in [3.63, 3.8) is 0 Å². The third kappa shape index (κ3) is 6.06. The molecule has 1 aliphatic heterocycles. The summed E-state index contributed by atoms with van der Waals surface area (Å²) < 4.78 is 0. The molecular formula is C26H32N2O2. The van der Waals surface area contributed by atoms with Crippen molar-refractivity contribution in [3.8, 4) is 0 Å². The molecule has 1 aliphatic rings. The van der Waals surface area contributed by atoms with Crippen molar-refractivity contribution in [1.82, 2.24) is 5.32 Å². The number of nitrogens with one attached hydrogen (secondary N) is 1. The van der Waals surface area contributed by atoms with Gasteiger partial charge in [0.15, 0.2) is 0 Å². The summed E-state index contributed by atoms with van der Waals surface area (Å²) in [5.41, 5.74) is 4.13. The molecule has 4 nitrogen and oxygen atoms in total. The zero-order valence-corrected chi connectivity index (χ0v) is 17.9. The highest BCUT2D eigenvalue weighted by Gasteiger charge is 2.21. The Bertz CT molecular complexity index is 888. The zero-order chi connectivity index (χ0) is 21.2. The number of benzene rings is 2. The van der Waals surface area contributed by atoms with Crippen molar-refractivity contribution >= 4 is 29.7 Å². The SMILES string of the molecule is CCCCCCCNC(=O)CCC(=O)N1Cc2ccccc2/C=C\c2ccccc21. The Labute approximate surface area is 180 Å². The van der Waals surface area contributed by atoms with Gasteiger partial charge in [0.1, 0.15) is 0 Å². The van der Waals surface area contributed by atoms with E-state index < -0.39 is 0 Å². The van der Waals surface area contributed by atoms with Crippen molar-refractivity contribution in [3.05, 3.63) is 65.2 Å². The number of carbonyl (C=O) groups excluding carboxylic acids is 2. The van der Waals surface area contributed by atoms with Gasteiger partial charge in [-0.2, -0.15) is 0 Å². The van der Waals surface area contributed by atoms with Gasteiger partial charge in [0, 0.05) is 19.4 Å². The Morgan fingerprint density at radius 2 is 1.57 bits per heavy atom. The average molecular weight is 405 g/mol. The summed E-state index contributed by atoms with van der Waals surface area (Å²) in [6.07, 6.45) is 10.4. The van der Waals surface area contributed by atoms with Crippen LogP contribution in [0.1, 0.15) is 68.6 Å². The van der Waals surface area contributed by atoms with Gasteiger partial charge < -0.3 is 10.2 Å². The maximum Gasteiger partial charge on any atom is 0.227 e. The largest absolute Gasteiger partial charge is 0.356 e. The number of nitrogens with zero attached hydrogens (tertiary/aromatic N) is 1. The van der Waals surface area contributed by atoms with Crippen LogP contribution in [0.2, 0.25) is 0 Å². The van der Waals surface area contributed by atoms with E-state index in [-0.39, 0.29) is 24.7 Å². The first-order chi connectivity index (χ1) is 14.7. The van der Waals surface area contributed by atoms with Gasteiger partial charge in [-0.25, -0.2) is 0 Å². The molecule has 2 amide bonds. The highest BCUT2D eigenvalue weighted by Crippen LogP contribution is 2.29. The fourth-order valence-electron chi connectivity index (χ4n) is 3.77. The van der Waals surface area contributed by atoms with Crippen LogP contribution in [0.15, 0.2) is 48.5 Å². The van der Waals surface area contributed by atoms with Crippen LogP contribution in [-0.4, -0.2) is 18.4 Å². The number of hydrogen-bond donors (Lipinski definition) is 1. The van der Waals surface area contributed by atoms with Crippen LogP contribution in [0.4, 0.5) is 5.69 Å². The molecule has 0 bridgehead atoms. The Kier molecular flexibility index (Phi) is 8.25. The zero-order valence-electron chi connectivity index (χ0n) is 17.9. The molecule has 0 aromatic heterocycles. The standard InChI is InChI=1S/C26H32N2O2/c1-2-3-4-5-10-19-27-25(29)17-18-26(30)28-20-23-13-7-6-11-21(23)15-16-22-12-8-9-14-24(22)28/h6-9,11-16H,2-5,10,17-20H2,1H3,(H,27,29)/b16-15-. The molecule has 158 valence electrons. The molecule has 0 radical (unpaired) electrons. The molecule has 0 aliphatic carbocycles. The molecule has 0 fully saturated rings. The monoisotopic (exact) mass is 404 g/mol. The lowest BCUT2D eigenvalue weighted by molar-refractivity contribution is -0.125. The minimum Gasteiger partial charge on any atom is -0.356 e. The Morgan fingerprint density at radius 1 is 0.867 bits per heavy atom. The number of carbonyl (C=O) groups is 2. The van der Waals surface area contributed by atoms with E-state index in [2.05, 4.69) is 36.5 Å². The smallest absolute Gasteiger partial charge is 0.227 e. The summed E-state index contributed by atoms with van der Waals surface area (Å²) in [6, 6.07) is 16.0. The van der Waals surface area contributed by atoms with Crippen molar-refractivity contribution in [2.24, 2.45) is 0 Å².